The van der Waals surface area contributed by atoms with Gasteiger partial charge in [-0.2, -0.15) is 10.1 Å². The number of nitrogen functional groups attached to an aromatic ring is 1. The van der Waals surface area contributed by atoms with E-state index in [1.165, 1.54) is 0 Å². The molecule has 2 aromatic heterocycles. The Morgan fingerprint density at radius 3 is 2.43 bits per heavy atom. The zero-order valence-corrected chi connectivity index (χ0v) is 8.39. The summed E-state index contributed by atoms with van der Waals surface area (Å²) in [6.07, 6.45) is 1.88. The Labute approximate surface area is 81.4 Å². The molecule has 2 aromatic rings. The van der Waals surface area contributed by atoms with E-state index >= 15 is 0 Å². The van der Waals surface area contributed by atoms with Gasteiger partial charge < -0.3 is 5.73 Å². The number of aryl methyl sites for hydroxylation is 3. The standard InChI is InChI=1S/C8H12N6/c1-5-6(4-13(2)11-5)7-10-8(9)14(3)12-7/h4H,1-3H3,(H2,9,10,12). The summed E-state index contributed by atoms with van der Waals surface area (Å²) in [6, 6.07) is 0. The molecule has 0 atom stereocenters. The molecule has 0 radical (unpaired) electrons. The van der Waals surface area contributed by atoms with E-state index < -0.39 is 0 Å². The van der Waals surface area contributed by atoms with Crippen LogP contribution < -0.4 is 5.73 Å². The highest BCUT2D eigenvalue weighted by molar-refractivity contribution is 5.57. The van der Waals surface area contributed by atoms with E-state index in [4.69, 9.17) is 5.73 Å². The lowest BCUT2D eigenvalue weighted by Crippen LogP contribution is -1.97. The van der Waals surface area contributed by atoms with Crippen LogP contribution in [-0.4, -0.2) is 24.5 Å². The zero-order chi connectivity index (χ0) is 10.3. The van der Waals surface area contributed by atoms with Crippen molar-refractivity contribution in [3.05, 3.63) is 11.9 Å². The summed E-state index contributed by atoms with van der Waals surface area (Å²) in [5.74, 6) is 1.03. The lowest BCUT2D eigenvalue weighted by atomic mass is 10.2. The Bertz CT molecular complexity index is 447. The van der Waals surface area contributed by atoms with Crippen LogP contribution in [0.25, 0.3) is 11.4 Å². The van der Waals surface area contributed by atoms with Gasteiger partial charge in [-0.1, -0.05) is 0 Å². The Kier molecular flexibility index (Phi) is 1.77. The Morgan fingerprint density at radius 1 is 1.29 bits per heavy atom. The smallest absolute Gasteiger partial charge is 0.218 e. The van der Waals surface area contributed by atoms with Crippen molar-refractivity contribution < 1.29 is 0 Å². The van der Waals surface area contributed by atoms with Crippen LogP contribution in [0.2, 0.25) is 0 Å². The second-order valence-electron chi connectivity index (χ2n) is 3.22. The minimum Gasteiger partial charge on any atom is -0.368 e. The molecule has 0 aliphatic heterocycles. The van der Waals surface area contributed by atoms with Gasteiger partial charge in [0.15, 0.2) is 5.82 Å². The summed E-state index contributed by atoms with van der Waals surface area (Å²) < 4.78 is 3.28. The van der Waals surface area contributed by atoms with Gasteiger partial charge in [-0.3, -0.25) is 4.68 Å². The number of aromatic nitrogens is 5. The summed E-state index contributed by atoms with van der Waals surface area (Å²) >= 11 is 0. The number of nitrogens with zero attached hydrogens (tertiary/aromatic N) is 5. The highest BCUT2D eigenvalue weighted by atomic mass is 15.4. The van der Waals surface area contributed by atoms with Gasteiger partial charge in [-0.15, -0.1) is 5.10 Å². The van der Waals surface area contributed by atoms with E-state index in [0.717, 1.165) is 11.3 Å². The molecule has 14 heavy (non-hydrogen) atoms. The lowest BCUT2D eigenvalue weighted by Gasteiger charge is -1.88. The third-order valence-electron chi connectivity index (χ3n) is 2.05. The van der Waals surface area contributed by atoms with Crippen molar-refractivity contribution >= 4 is 5.95 Å². The summed E-state index contributed by atoms with van der Waals surface area (Å²) in [6.45, 7) is 1.92. The van der Waals surface area contributed by atoms with Crippen LogP contribution in [0.3, 0.4) is 0 Å². The number of nitrogens with two attached hydrogens (primary N) is 1. The Balaban J connectivity index is 2.54. The normalized spacial score (nSPS) is 10.8. The van der Waals surface area contributed by atoms with Crippen molar-refractivity contribution in [3.8, 4) is 11.4 Å². The molecule has 0 spiro atoms. The molecule has 0 aliphatic rings. The van der Waals surface area contributed by atoms with Gasteiger partial charge in [0.25, 0.3) is 0 Å². The fourth-order valence-electron chi connectivity index (χ4n) is 1.33. The first-order valence-electron chi connectivity index (χ1n) is 4.25. The number of anilines is 1. The van der Waals surface area contributed by atoms with Crippen LogP contribution in [0.1, 0.15) is 5.69 Å². The van der Waals surface area contributed by atoms with Crippen LogP contribution in [0.15, 0.2) is 6.20 Å². The maximum Gasteiger partial charge on any atom is 0.218 e. The molecule has 0 aliphatic carbocycles. The molecule has 2 heterocycles. The van der Waals surface area contributed by atoms with Gasteiger partial charge in [-0.05, 0) is 6.92 Å². The first-order chi connectivity index (χ1) is 6.58. The monoisotopic (exact) mass is 192 g/mol. The molecule has 0 amide bonds. The first kappa shape index (κ1) is 8.74. The second kappa shape index (κ2) is 2.83. The van der Waals surface area contributed by atoms with Crippen molar-refractivity contribution in [3.63, 3.8) is 0 Å². The molecule has 0 fully saturated rings. The van der Waals surface area contributed by atoms with Gasteiger partial charge in [0.05, 0.1) is 11.3 Å². The summed E-state index contributed by atoms with van der Waals surface area (Å²) in [7, 11) is 3.63. The topological polar surface area (TPSA) is 74.6 Å². The number of hydrogen-bond acceptors (Lipinski definition) is 4. The first-order valence-corrected chi connectivity index (χ1v) is 4.25. The SMILES string of the molecule is Cc1nn(C)cc1-c1nc(N)n(C)n1. The molecule has 0 bridgehead atoms. The molecular weight excluding hydrogens is 180 g/mol. The van der Waals surface area contributed by atoms with E-state index in [1.807, 2.05) is 20.2 Å². The maximum atomic E-state index is 5.60. The van der Waals surface area contributed by atoms with Gasteiger partial charge in [0.2, 0.25) is 5.95 Å². The van der Waals surface area contributed by atoms with Crippen molar-refractivity contribution in [2.24, 2.45) is 14.1 Å². The van der Waals surface area contributed by atoms with Crippen LogP contribution in [0.5, 0.6) is 0 Å². The minimum absolute atomic E-state index is 0.406. The van der Waals surface area contributed by atoms with Gasteiger partial charge in [0.1, 0.15) is 0 Å². The molecule has 74 valence electrons. The molecule has 0 saturated heterocycles. The van der Waals surface area contributed by atoms with Crippen LogP contribution >= 0.6 is 0 Å². The average molecular weight is 192 g/mol. The molecule has 2 rings (SSSR count). The van der Waals surface area contributed by atoms with Crippen molar-refractivity contribution in [1.82, 2.24) is 24.5 Å². The van der Waals surface area contributed by atoms with Crippen molar-refractivity contribution in [2.45, 2.75) is 6.92 Å². The summed E-state index contributed by atoms with van der Waals surface area (Å²) in [5, 5.41) is 8.39. The molecule has 6 nitrogen and oxygen atoms in total. The predicted octanol–water partition coefficient (Wildman–Crippen LogP) is 0.106. The number of rotatable bonds is 1. The summed E-state index contributed by atoms with van der Waals surface area (Å²) in [4.78, 5) is 4.13. The van der Waals surface area contributed by atoms with E-state index in [0.29, 0.717) is 11.8 Å². The highest BCUT2D eigenvalue weighted by Crippen LogP contribution is 2.18. The van der Waals surface area contributed by atoms with Crippen LogP contribution in [0, 0.1) is 6.92 Å². The Morgan fingerprint density at radius 2 is 2.00 bits per heavy atom. The Hall–Kier alpha value is -1.85. The van der Waals surface area contributed by atoms with E-state index in [1.54, 1.807) is 16.4 Å². The fraction of sp³-hybridized carbons (Fsp3) is 0.375. The zero-order valence-electron chi connectivity index (χ0n) is 8.39. The molecule has 2 N–H and O–H groups in total. The quantitative estimate of drug-likeness (QED) is 0.695. The number of hydrogen-bond donors (Lipinski definition) is 1. The van der Waals surface area contributed by atoms with Crippen molar-refractivity contribution in [1.29, 1.82) is 0 Å². The molecular formula is C8H12N6. The lowest BCUT2D eigenvalue weighted by molar-refractivity contribution is 0.756. The third-order valence-corrected chi connectivity index (χ3v) is 2.05. The largest absolute Gasteiger partial charge is 0.368 e. The van der Waals surface area contributed by atoms with Crippen molar-refractivity contribution in [2.75, 3.05) is 5.73 Å². The molecule has 6 heteroatoms. The fourth-order valence-corrected chi connectivity index (χ4v) is 1.33. The predicted molar refractivity (Wildman–Crippen MR) is 52.4 cm³/mol. The van der Waals surface area contributed by atoms with Gasteiger partial charge in [0, 0.05) is 20.3 Å². The molecule has 0 aromatic carbocycles. The molecule has 0 saturated carbocycles. The summed E-state index contributed by atoms with van der Waals surface area (Å²) in [5.41, 5.74) is 7.41. The molecule has 0 unspecified atom stereocenters. The highest BCUT2D eigenvalue weighted by Gasteiger charge is 2.11. The maximum absolute atomic E-state index is 5.60. The third kappa shape index (κ3) is 1.24. The van der Waals surface area contributed by atoms with Gasteiger partial charge in [-0.25, -0.2) is 4.68 Å². The minimum atomic E-state index is 0.406. The van der Waals surface area contributed by atoms with E-state index in [-0.39, 0.29) is 0 Å². The van der Waals surface area contributed by atoms with Gasteiger partial charge >= 0.3 is 0 Å². The average Bonchev–Trinajstić information content (AvgIpc) is 2.57. The van der Waals surface area contributed by atoms with Crippen LogP contribution in [-0.2, 0) is 14.1 Å². The van der Waals surface area contributed by atoms with E-state index in [9.17, 15) is 0 Å². The van der Waals surface area contributed by atoms with Crippen LogP contribution in [0.4, 0.5) is 5.95 Å². The second-order valence-corrected chi connectivity index (χ2v) is 3.22. The van der Waals surface area contributed by atoms with E-state index in [2.05, 4.69) is 15.2 Å².